The third-order valence-electron chi connectivity index (χ3n) is 3.40. The lowest BCUT2D eigenvalue weighted by atomic mass is 10.1. The van der Waals surface area contributed by atoms with Gasteiger partial charge in [0.05, 0.1) is 0 Å². The van der Waals surface area contributed by atoms with E-state index in [4.69, 9.17) is 4.74 Å². The number of hydrogen-bond donors (Lipinski definition) is 0. The standard InChI is InChI=1S/C17H14BrNO2/c1-12(14-7-2-3-8-15(14)18)21-17(20)16-10-9-13-6-4-5-11-19(13)16/h2-12H,1H3. The third kappa shape index (κ3) is 2.72. The zero-order valence-corrected chi connectivity index (χ0v) is 13.1. The topological polar surface area (TPSA) is 30.7 Å². The molecule has 0 aliphatic carbocycles. The van der Waals surface area contributed by atoms with Crippen LogP contribution in [-0.2, 0) is 4.74 Å². The molecule has 2 heterocycles. The first-order valence-corrected chi connectivity index (χ1v) is 7.47. The number of esters is 1. The summed E-state index contributed by atoms with van der Waals surface area (Å²) in [6.07, 6.45) is 1.54. The molecule has 2 aromatic heterocycles. The average molecular weight is 344 g/mol. The zero-order chi connectivity index (χ0) is 14.8. The van der Waals surface area contributed by atoms with Crippen molar-refractivity contribution in [2.45, 2.75) is 13.0 Å². The fourth-order valence-corrected chi connectivity index (χ4v) is 2.92. The van der Waals surface area contributed by atoms with Crippen LogP contribution in [0, 0.1) is 0 Å². The number of carbonyl (C=O) groups excluding carboxylic acids is 1. The monoisotopic (exact) mass is 343 g/mol. The van der Waals surface area contributed by atoms with Crippen LogP contribution >= 0.6 is 15.9 Å². The molecule has 0 radical (unpaired) electrons. The lowest BCUT2D eigenvalue weighted by Crippen LogP contribution is -2.11. The number of benzene rings is 1. The predicted molar refractivity (Wildman–Crippen MR) is 85.4 cm³/mol. The van der Waals surface area contributed by atoms with E-state index >= 15 is 0 Å². The maximum atomic E-state index is 12.4. The summed E-state index contributed by atoms with van der Waals surface area (Å²) in [7, 11) is 0. The van der Waals surface area contributed by atoms with E-state index < -0.39 is 0 Å². The minimum Gasteiger partial charge on any atom is -0.453 e. The average Bonchev–Trinajstić information content (AvgIpc) is 2.91. The highest BCUT2D eigenvalue weighted by Gasteiger charge is 2.17. The maximum absolute atomic E-state index is 12.4. The lowest BCUT2D eigenvalue weighted by Gasteiger charge is -2.15. The van der Waals surface area contributed by atoms with Gasteiger partial charge < -0.3 is 9.14 Å². The quantitative estimate of drug-likeness (QED) is 0.649. The van der Waals surface area contributed by atoms with Crippen LogP contribution in [0.4, 0.5) is 0 Å². The second-order valence-electron chi connectivity index (χ2n) is 4.78. The van der Waals surface area contributed by atoms with Gasteiger partial charge in [-0.1, -0.05) is 40.2 Å². The van der Waals surface area contributed by atoms with E-state index in [2.05, 4.69) is 15.9 Å². The van der Waals surface area contributed by atoms with E-state index in [1.807, 2.05) is 66.1 Å². The first kappa shape index (κ1) is 13.9. The second kappa shape index (κ2) is 5.74. The highest BCUT2D eigenvalue weighted by Crippen LogP contribution is 2.26. The summed E-state index contributed by atoms with van der Waals surface area (Å²) >= 11 is 3.48. The Hall–Kier alpha value is -2.07. The molecule has 0 spiro atoms. The molecular formula is C17H14BrNO2. The summed E-state index contributed by atoms with van der Waals surface area (Å²) in [4.78, 5) is 12.4. The van der Waals surface area contributed by atoms with Crippen LogP contribution in [-0.4, -0.2) is 10.4 Å². The Balaban J connectivity index is 1.85. The summed E-state index contributed by atoms with van der Waals surface area (Å²) < 4.78 is 8.34. The van der Waals surface area contributed by atoms with Crippen molar-refractivity contribution in [3.8, 4) is 0 Å². The SMILES string of the molecule is CC(OC(=O)c1ccc2ccccn12)c1ccccc1Br. The van der Waals surface area contributed by atoms with Crippen LogP contribution < -0.4 is 0 Å². The smallest absolute Gasteiger partial charge is 0.355 e. The minimum atomic E-state index is -0.329. The molecule has 0 saturated heterocycles. The number of nitrogens with zero attached hydrogens (tertiary/aromatic N) is 1. The van der Waals surface area contributed by atoms with Crippen LogP contribution in [0.25, 0.3) is 5.52 Å². The molecule has 106 valence electrons. The van der Waals surface area contributed by atoms with Gasteiger partial charge in [0.25, 0.3) is 0 Å². The lowest BCUT2D eigenvalue weighted by molar-refractivity contribution is 0.0328. The Morgan fingerprint density at radius 1 is 1.10 bits per heavy atom. The van der Waals surface area contributed by atoms with E-state index in [0.29, 0.717) is 5.69 Å². The molecule has 0 aliphatic rings. The Labute approximate surface area is 131 Å². The van der Waals surface area contributed by atoms with Gasteiger partial charge in [-0.25, -0.2) is 4.79 Å². The molecule has 0 aliphatic heterocycles. The molecule has 3 aromatic rings. The highest BCUT2D eigenvalue weighted by atomic mass is 79.9. The van der Waals surface area contributed by atoms with Crippen LogP contribution in [0.5, 0.6) is 0 Å². The van der Waals surface area contributed by atoms with Gasteiger partial charge in [0.15, 0.2) is 0 Å². The van der Waals surface area contributed by atoms with Crippen molar-refractivity contribution in [2.75, 3.05) is 0 Å². The van der Waals surface area contributed by atoms with Gasteiger partial charge in [0, 0.05) is 21.7 Å². The predicted octanol–water partition coefficient (Wildman–Crippen LogP) is 4.62. The largest absolute Gasteiger partial charge is 0.453 e. The number of pyridine rings is 1. The summed E-state index contributed by atoms with van der Waals surface area (Å²) in [5, 5.41) is 0. The number of halogens is 1. The Morgan fingerprint density at radius 3 is 2.67 bits per heavy atom. The number of hydrogen-bond acceptors (Lipinski definition) is 2. The Morgan fingerprint density at radius 2 is 1.86 bits per heavy atom. The Bertz CT molecular complexity index is 794. The second-order valence-corrected chi connectivity index (χ2v) is 5.64. The van der Waals surface area contributed by atoms with E-state index in [-0.39, 0.29) is 12.1 Å². The highest BCUT2D eigenvalue weighted by molar-refractivity contribution is 9.10. The molecule has 3 rings (SSSR count). The van der Waals surface area contributed by atoms with Gasteiger partial charge in [-0.15, -0.1) is 0 Å². The van der Waals surface area contributed by atoms with Crippen molar-refractivity contribution in [2.24, 2.45) is 0 Å². The summed E-state index contributed by atoms with van der Waals surface area (Å²) in [5.41, 5.74) is 2.45. The van der Waals surface area contributed by atoms with Gasteiger partial charge in [0.1, 0.15) is 11.8 Å². The number of carbonyl (C=O) groups is 1. The van der Waals surface area contributed by atoms with Gasteiger partial charge in [-0.3, -0.25) is 0 Å². The fraction of sp³-hybridized carbons (Fsp3) is 0.118. The van der Waals surface area contributed by atoms with Crippen molar-refractivity contribution in [1.82, 2.24) is 4.40 Å². The zero-order valence-electron chi connectivity index (χ0n) is 11.5. The van der Waals surface area contributed by atoms with Crippen molar-refractivity contribution in [1.29, 1.82) is 0 Å². The summed E-state index contributed by atoms with van der Waals surface area (Å²) in [6.45, 7) is 1.87. The molecule has 3 nitrogen and oxygen atoms in total. The molecule has 1 unspecified atom stereocenters. The van der Waals surface area contributed by atoms with Crippen molar-refractivity contribution in [3.63, 3.8) is 0 Å². The van der Waals surface area contributed by atoms with Crippen molar-refractivity contribution in [3.05, 3.63) is 76.5 Å². The summed E-state index contributed by atoms with van der Waals surface area (Å²) in [5.74, 6) is -0.329. The van der Waals surface area contributed by atoms with E-state index in [0.717, 1.165) is 15.6 Å². The van der Waals surface area contributed by atoms with Crippen LogP contribution in [0.1, 0.15) is 29.1 Å². The van der Waals surface area contributed by atoms with E-state index in [1.165, 1.54) is 0 Å². The molecule has 0 N–H and O–H groups in total. The Kier molecular flexibility index (Phi) is 3.80. The van der Waals surface area contributed by atoms with Gasteiger partial charge in [-0.2, -0.15) is 0 Å². The number of rotatable bonds is 3. The van der Waals surface area contributed by atoms with Crippen molar-refractivity contribution < 1.29 is 9.53 Å². The van der Waals surface area contributed by atoms with E-state index in [1.54, 1.807) is 6.07 Å². The van der Waals surface area contributed by atoms with Gasteiger partial charge >= 0.3 is 5.97 Å². The molecular weight excluding hydrogens is 330 g/mol. The normalized spacial score (nSPS) is 12.3. The van der Waals surface area contributed by atoms with Gasteiger partial charge in [-0.05, 0) is 37.3 Å². The number of ether oxygens (including phenoxy) is 1. The maximum Gasteiger partial charge on any atom is 0.355 e. The summed E-state index contributed by atoms with van der Waals surface area (Å²) in [6, 6.07) is 17.2. The minimum absolute atomic E-state index is 0.317. The van der Waals surface area contributed by atoms with Crippen molar-refractivity contribution >= 4 is 27.4 Å². The van der Waals surface area contributed by atoms with E-state index in [9.17, 15) is 4.79 Å². The third-order valence-corrected chi connectivity index (χ3v) is 4.12. The number of aromatic nitrogens is 1. The molecule has 0 bridgehead atoms. The molecule has 0 amide bonds. The van der Waals surface area contributed by atoms with Crippen LogP contribution in [0.15, 0.2) is 65.3 Å². The number of fused-ring (bicyclic) bond motifs is 1. The molecule has 1 aromatic carbocycles. The fourth-order valence-electron chi connectivity index (χ4n) is 2.31. The van der Waals surface area contributed by atoms with Crippen LogP contribution in [0.3, 0.4) is 0 Å². The van der Waals surface area contributed by atoms with Crippen LogP contribution in [0.2, 0.25) is 0 Å². The molecule has 4 heteroatoms. The first-order chi connectivity index (χ1) is 10.2. The molecule has 0 fully saturated rings. The molecule has 0 saturated carbocycles. The molecule has 21 heavy (non-hydrogen) atoms. The van der Waals surface area contributed by atoms with Gasteiger partial charge in [0.2, 0.25) is 0 Å². The first-order valence-electron chi connectivity index (χ1n) is 6.68. The molecule has 1 atom stereocenters.